The van der Waals surface area contributed by atoms with Gasteiger partial charge in [-0.05, 0) is 47.7 Å². The molecule has 0 saturated carbocycles. The topological polar surface area (TPSA) is 107 Å². The van der Waals surface area contributed by atoms with Crippen LogP contribution in [-0.4, -0.2) is 18.4 Å². The van der Waals surface area contributed by atoms with E-state index in [1.807, 2.05) is 25.1 Å². The molecule has 0 aliphatic rings. The molecule has 3 N–H and O–H groups in total. The molecular formula is C21H19FN4O3S2. The fourth-order valence-electron chi connectivity index (χ4n) is 3.19. The van der Waals surface area contributed by atoms with Crippen LogP contribution in [-0.2, 0) is 23.2 Å². The van der Waals surface area contributed by atoms with Crippen molar-refractivity contribution in [2.45, 2.75) is 19.9 Å². The van der Waals surface area contributed by atoms with Crippen LogP contribution in [0.25, 0.3) is 10.1 Å². The van der Waals surface area contributed by atoms with Crippen LogP contribution in [0.4, 0.5) is 4.39 Å². The molecule has 4 rings (SSSR count). The Labute approximate surface area is 182 Å². The number of ether oxygens (including phenoxy) is 1. The fourth-order valence-corrected chi connectivity index (χ4v) is 4.81. The average molecular weight is 459 g/mol. The van der Waals surface area contributed by atoms with Gasteiger partial charge in [0.1, 0.15) is 11.6 Å². The first-order chi connectivity index (χ1) is 14.8. The standard InChI is InChI=1S/C21H19FN4O3S2/c1-13-17-7-6-16(29-21-24-8-3-9-25-21)11-19(17)30-18(13)10-14-4-2-5-15(20(14)22)12-26-31(23,27)28/h2-9,11,26H,10,12H2,1H3,(H2,23,27,28). The number of thiophene rings is 1. The molecule has 31 heavy (non-hydrogen) atoms. The third-order valence-corrected chi connectivity index (χ3v) is 6.53. The molecule has 2 heterocycles. The summed E-state index contributed by atoms with van der Waals surface area (Å²) in [5.41, 5.74) is 1.79. The first-order valence-electron chi connectivity index (χ1n) is 9.31. The smallest absolute Gasteiger partial charge is 0.321 e. The van der Waals surface area contributed by atoms with Gasteiger partial charge in [-0.25, -0.2) is 19.5 Å². The molecule has 7 nitrogen and oxygen atoms in total. The van der Waals surface area contributed by atoms with Gasteiger partial charge in [-0.1, -0.05) is 18.2 Å². The number of hydrogen-bond donors (Lipinski definition) is 2. The molecule has 0 spiro atoms. The van der Waals surface area contributed by atoms with Crippen LogP contribution in [0, 0.1) is 12.7 Å². The molecule has 0 atom stereocenters. The fraction of sp³-hybridized carbons (Fsp3) is 0.143. The zero-order valence-corrected chi connectivity index (χ0v) is 18.1. The summed E-state index contributed by atoms with van der Waals surface area (Å²) in [6.45, 7) is 1.80. The summed E-state index contributed by atoms with van der Waals surface area (Å²) in [4.78, 5) is 9.13. The average Bonchev–Trinajstić information content (AvgIpc) is 3.03. The van der Waals surface area contributed by atoms with Crippen LogP contribution in [0.5, 0.6) is 11.8 Å². The molecule has 2 aromatic heterocycles. The van der Waals surface area contributed by atoms with Crippen LogP contribution >= 0.6 is 11.3 Å². The third-order valence-electron chi connectivity index (χ3n) is 4.73. The summed E-state index contributed by atoms with van der Waals surface area (Å²) >= 11 is 1.56. The molecule has 0 unspecified atom stereocenters. The number of aryl methyl sites for hydroxylation is 1. The first-order valence-corrected chi connectivity index (χ1v) is 11.7. The highest BCUT2D eigenvalue weighted by Gasteiger charge is 2.15. The van der Waals surface area contributed by atoms with Gasteiger partial charge in [-0.3, -0.25) is 0 Å². The molecule has 4 aromatic rings. The lowest BCUT2D eigenvalue weighted by Crippen LogP contribution is -2.30. The number of fused-ring (bicyclic) bond motifs is 1. The lowest BCUT2D eigenvalue weighted by molar-refractivity contribution is 0.442. The summed E-state index contributed by atoms with van der Waals surface area (Å²) in [5.74, 6) is 0.175. The van der Waals surface area contributed by atoms with Crippen molar-refractivity contribution < 1.29 is 17.5 Å². The van der Waals surface area contributed by atoms with Gasteiger partial charge in [0, 0.05) is 40.5 Å². The van der Waals surface area contributed by atoms with Crippen LogP contribution in [0.3, 0.4) is 0 Å². The Morgan fingerprint density at radius 2 is 1.87 bits per heavy atom. The number of nitrogens with one attached hydrogen (secondary N) is 1. The number of rotatable bonds is 7. The Morgan fingerprint density at radius 3 is 2.61 bits per heavy atom. The number of halogens is 1. The predicted molar refractivity (Wildman–Crippen MR) is 118 cm³/mol. The largest absolute Gasteiger partial charge is 0.424 e. The Balaban J connectivity index is 1.59. The highest BCUT2D eigenvalue weighted by Crippen LogP contribution is 2.35. The highest BCUT2D eigenvalue weighted by molar-refractivity contribution is 7.87. The maximum Gasteiger partial charge on any atom is 0.321 e. The Bertz CT molecular complexity index is 1340. The minimum absolute atomic E-state index is 0.202. The minimum atomic E-state index is -3.90. The van der Waals surface area contributed by atoms with Gasteiger partial charge in [-0.2, -0.15) is 13.1 Å². The Hall–Kier alpha value is -2.92. The van der Waals surface area contributed by atoms with Crippen LogP contribution in [0.15, 0.2) is 54.9 Å². The quantitative estimate of drug-likeness (QED) is 0.438. The first kappa shape index (κ1) is 21.3. The normalized spacial score (nSPS) is 11.7. The van der Waals surface area contributed by atoms with E-state index < -0.39 is 16.0 Å². The second-order valence-electron chi connectivity index (χ2n) is 6.87. The second kappa shape index (κ2) is 8.67. The molecular weight excluding hydrogens is 439 g/mol. The number of hydrogen-bond acceptors (Lipinski definition) is 6. The molecule has 0 radical (unpaired) electrons. The van der Waals surface area contributed by atoms with Gasteiger partial charge >= 0.3 is 6.01 Å². The number of aromatic nitrogens is 2. The summed E-state index contributed by atoms with van der Waals surface area (Å²) in [6, 6.07) is 12.6. The molecule has 0 bridgehead atoms. The van der Waals surface area contributed by atoms with E-state index in [0.717, 1.165) is 20.5 Å². The Morgan fingerprint density at radius 1 is 1.13 bits per heavy atom. The van der Waals surface area contributed by atoms with Gasteiger partial charge in [0.05, 0.1) is 0 Å². The number of benzene rings is 2. The van der Waals surface area contributed by atoms with E-state index in [-0.39, 0.29) is 18.1 Å². The summed E-state index contributed by atoms with van der Waals surface area (Å²) in [5, 5.41) is 6.00. The molecule has 0 saturated heterocycles. The molecule has 0 amide bonds. The van der Waals surface area contributed by atoms with Gasteiger partial charge in [0.25, 0.3) is 10.2 Å². The summed E-state index contributed by atoms with van der Waals surface area (Å²) in [6.07, 6.45) is 3.60. The zero-order chi connectivity index (χ0) is 22.0. The monoisotopic (exact) mass is 458 g/mol. The van der Waals surface area contributed by atoms with E-state index in [1.165, 1.54) is 6.07 Å². The van der Waals surface area contributed by atoms with Crippen molar-refractivity contribution in [1.29, 1.82) is 0 Å². The van der Waals surface area contributed by atoms with Crippen LogP contribution in [0.2, 0.25) is 0 Å². The van der Waals surface area contributed by atoms with Crippen molar-refractivity contribution in [3.05, 3.63) is 82.2 Å². The van der Waals surface area contributed by atoms with Gasteiger partial charge < -0.3 is 4.74 Å². The van der Waals surface area contributed by atoms with Crippen molar-refractivity contribution in [2.24, 2.45) is 5.14 Å². The SMILES string of the molecule is Cc1c(Cc2cccc(CNS(N)(=O)=O)c2F)sc2cc(Oc3ncccn3)ccc12. The van der Waals surface area contributed by atoms with Crippen molar-refractivity contribution in [3.8, 4) is 11.8 Å². The maximum absolute atomic E-state index is 14.9. The van der Waals surface area contributed by atoms with E-state index in [9.17, 15) is 12.8 Å². The number of nitrogens with two attached hydrogens (primary N) is 1. The molecule has 0 aliphatic heterocycles. The van der Waals surface area contributed by atoms with Gasteiger partial charge in [-0.15, -0.1) is 11.3 Å². The molecule has 0 fully saturated rings. The van der Waals surface area contributed by atoms with Crippen molar-refractivity contribution in [2.75, 3.05) is 0 Å². The predicted octanol–water partition coefficient (Wildman–Crippen LogP) is 3.82. The Kier molecular flexibility index (Phi) is 5.96. The summed E-state index contributed by atoms with van der Waals surface area (Å²) < 4.78 is 46.0. The minimum Gasteiger partial charge on any atom is -0.424 e. The third kappa shape index (κ3) is 5.05. The van der Waals surface area contributed by atoms with E-state index in [4.69, 9.17) is 9.88 Å². The lowest BCUT2D eigenvalue weighted by Gasteiger charge is -2.08. The summed E-state index contributed by atoms with van der Waals surface area (Å²) in [7, 11) is -3.90. The van der Waals surface area contributed by atoms with Crippen molar-refractivity contribution in [3.63, 3.8) is 0 Å². The molecule has 10 heteroatoms. The second-order valence-corrected chi connectivity index (χ2v) is 9.39. The van der Waals surface area contributed by atoms with E-state index in [2.05, 4.69) is 14.7 Å². The van der Waals surface area contributed by atoms with Gasteiger partial charge in [0.2, 0.25) is 0 Å². The van der Waals surface area contributed by atoms with E-state index >= 15 is 0 Å². The van der Waals surface area contributed by atoms with Gasteiger partial charge in [0.15, 0.2) is 0 Å². The molecule has 2 aromatic carbocycles. The van der Waals surface area contributed by atoms with Crippen molar-refractivity contribution >= 4 is 31.6 Å². The van der Waals surface area contributed by atoms with Crippen molar-refractivity contribution in [1.82, 2.24) is 14.7 Å². The van der Waals surface area contributed by atoms with E-state index in [1.54, 1.807) is 41.9 Å². The van der Waals surface area contributed by atoms with E-state index in [0.29, 0.717) is 17.7 Å². The zero-order valence-electron chi connectivity index (χ0n) is 16.5. The lowest BCUT2D eigenvalue weighted by atomic mass is 10.0. The maximum atomic E-state index is 14.9. The molecule has 0 aliphatic carbocycles. The molecule has 160 valence electrons. The highest BCUT2D eigenvalue weighted by atomic mass is 32.2. The number of nitrogens with zero attached hydrogens (tertiary/aromatic N) is 2. The van der Waals surface area contributed by atoms with Crippen LogP contribution < -0.4 is 14.6 Å². The van der Waals surface area contributed by atoms with Crippen LogP contribution in [0.1, 0.15) is 21.6 Å².